The molecule has 10 heteroatoms. The lowest BCUT2D eigenvalue weighted by molar-refractivity contribution is -0.156. The molecule has 3 rings (SSSR count). The molecule has 1 fully saturated rings. The van der Waals surface area contributed by atoms with Crippen molar-refractivity contribution in [3.05, 3.63) is 41.1 Å². The molecule has 0 aromatic heterocycles. The van der Waals surface area contributed by atoms with Gasteiger partial charge in [-0.05, 0) is 25.8 Å². The number of para-hydroxylation sites is 1. The average Bonchev–Trinajstić information content (AvgIpc) is 2.86. The minimum Gasteiger partial charge on any atom is -0.496 e. The lowest BCUT2D eigenvalue weighted by Crippen LogP contribution is -2.47. The zero-order valence-corrected chi connectivity index (χ0v) is 20.4. The molecule has 2 aliphatic rings. The largest absolute Gasteiger partial charge is 0.496 e. The summed E-state index contributed by atoms with van der Waals surface area (Å²) in [6.07, 6.45) is 2.25. The van der Waals surface area contributed by atoms with Gasteiger partial charge in [0.25, 0.3) is 0 Å². The Bertz CT molecular complexity index is 991. The second kappa shape index (κ2) is 12.2. The van der Waals surface area contributed by atoms with Crippen LogP contribution in [0.5, 0.6) is 5.75 Å². The van der Waals surface area contributed by atoms with E-state index in [0.29, 0.717) is 18.7 Å². The van der Waals surface area contributed by atoms with Crippen LogP contribution in [0.1, 0.15) is 51.1 Å². The molecule has 0 bridgehead atoms. The number of unbranched alkanes of at least 4 members (excludes halogenated alkanes) is 1. The van der Waals surface area contributed by atoms with Crippen molar-refractivity contribution in [1.82, 2.24) is 15.5 Å². The summed E-state index contributed by atoms with van der Waals surface area (Å²) in [6.45, 7) is 4.10. The Morgan fingerprint density at radius 3 is 2.63 bits per heavy atom. The summed E-state index contributed by atoms with van der Waals surface area (Å²) in [5.41, 5.74) is 1.12. The van der Waals surface area contributed by atoms with Gasteiger partial charge in [-0.1, -0.05) is 31.5 Å². The molecule has 2 atom stereocenters. The van der Waals surface area contributed by atoms with E-state index in [0.717, 1.165) is 18.4 Å². The highest BCUT2D eigenvalue weighted by atomic mass is 16.5. The van der Waals surface area contributed by atoms with Gasteiger partial charge in [-0.15, -0.1) is 0 Å². The van der Waals surface area contributed by atoms with E-state index in [-0.39, 0.29) is 43.4 Å². The second-order valence-electron chi connectivity index (χ2n) is 8.37. The number of methoxy groups -OCH3 is 1. The zero-order chi connectivity index (χ0) is 25.4. The molecule has 1 saturated heterocycles. The molecule has 2 aliphatic heterocycles. The third-order valence-electron chi connectivity index (χ3n) is 6.15. The summed E-state index contributed by atoms with van der Waals surface area (Å²) in [5, 5.41) is 5.05. The number of carbonyl (C=O) groups is 4. The number of hydrogen-bond acceptors (Lipinski definition) is 7. The van der Waals surface area contributed by atoms with Gasteiger partial charge in [0, 0.05) is 18.5 Å². The first-order valence-electron chi connectivity index (χ1n) is 11.9. The van der Waals surface area contributed by atoms with Crippen molar-refractivity contribution in [3.63, 3.8) is 0 Å². The predicted octanol–water partition coefficient (Wildman–Crippen LogP) is 2.45. The zero-order valence-electron chi connectivity index (χ0n) is 20.4. The quantitative estimate of drug-likeness (QED) is 0.486. The number of likely N-dealkylation sites (tertiary alicyclic amines) is 1. The summed E-state index contributed by atoms with van der Waals surface area (Å²) >= 11 is 0. The Morgan fingerprint density at radius 1 is 1.14 bits per heavy atom. The Balaban J connectivity index is 1.87. The first-order valence-corrected chi connectivity index (χ1v) is 11.9. The SMILES string of the molecule is CCCCN1C(=O)CCC(C(=O)OCC2=C(C(=O)OCC)CNC(=O)N2)C1c1ccccc1OC. The highest BCUT2D eigenvalue weighted by Crippen LogP contribution is 2.41. The van der Waals surface area contributed by atoms with Crippen molar-refractivity contribution in [2.45, 2.75) is 45.6 Å². The standard InChI is InChI=1S/C25H33N3O7/c1-4-6-13-28-21(29)12-11-17(22(28)16-9-7-8-10-20(16)33-3)23(30)35-15-19-18(24(31)34-5-2)14-26-25(32)27-19/h7-10,17,22H,4-6,11-15H2,1-3H3,(H2,26,27,32). The monoisotopic (exact) mass is 487 g/mol. The molecule has 2 N–H and O–H groups in total. The summed E-state index contributed by atoms with van der Waals surface area (Å²) in [4.78, 5) is 52.1. The van der Waals surface area contributed by atoms with E-state index in [1.54, 1.807) is 25.0 Å². The average molecular weight is 488 g/mol. The number of piperidine rings is 1. The molecule has 2 heterocycles. The normalized spacial score (nSPS) is 20.1. The highest BCUT2D eigenvalue weighted by molar-refractivity contribution is 5.93. The fourth-order valence-corrected chi connectivity index (χ4v) is 4.41. The maximum Gasteiger partial charge on any atom is 0.337 e. The molecule has 0 saturated carbocycles. The minimum absolute atomic E-state index is 0.0173. The van der Waals surface area contributed by atoms with Crippen LogP contribution in [0.4, 0.5) is 4.79 Å². The van der Waals surface area contributed by atoms with Crippen molar-refractivity contribution in [2.75, 3.05) is 33.4 Å². The molecule has 190 valence electrons. The maximum absolute atomic E-state index is 13.4. The molecule has 1 aromatic carbocycles. The third-order valence-corrected chi connectivity index (χ3v) is 6.15. The second-order valence-corrected chi connectivity index (χ2v) is 8.37. The van der Waals surface area contributed by atoms with E-state index < -0.39 is 29.9 Å². The van der Waals surface area contributed by atoms with Crippen LogP contribution < -0.4 is 15.4 Å². The van der Waals surface area contributed by atoms with E-state index >= 15 is 0 Å². The Kier molecular flexibility index (Phi) is 9.11. The van der Waals surface area contributed by atoms with Gasteiger partial charge in [-0.2, -0.15) is 0 Å². The molecular weight excluding hydrogens is 454 g/mol. The summed E-state index contributed by atoms with van der Waals surface area (Å²) < 4.78 is 16.2. The Hall–Kier alpha value is -3.56. The molecular formula is C25H33N3O7. The fraction of sp³-hybridized carbons (Fsp3) is 0.520. The number of urea groups is 1. The van der Waals surface area contributed by atoms with Crippen LogP contribution in [0.25, 0.3) is 0 Å². The van der Waals surface area contributed by atoms with Gasteiger partial charge in [0.1, 0.15) is 12.4 Å². The highest BCUT2D eigenvalue weighted by Gasteiger charge is 2.42. The first-order chi connectivity index (χ1) is 16.9. The molecule has 2 unspecified atom stereocenters. The summed E-state index contributed by atoms with van der Waals surface area (Å²) in [5.74, 6) is -1.17. The van der Waals surface area contributed by atoms with Crippen LogP contribution >= 0.6 is 0 Å². The predicted molar refractivity (Wildman–Crippen MR) is 126 cm³/mol. The van der Waals surface area contributed by atoms with Gasteiger partial charge in [0.05, 0.1) is 43.5 Å². The van der Waals surface area contributed by atoms with Crippen molar-refractivity contribution in [3.8, 4) is 5.75 Å². The number of hydrogen-bond donors (Lipinski definition) is 2. The van der Waals surface area contributed by atoms with Gasteiger partial charge < -0.3 is 29.7 Å². The molecule has 1 aromatic rings. The van der Waals surface area contributed by atoms with Crippen molar-refractivity contribution < 1.29 is 33.4 Å². The van der Waals surface area contributed by atoms with Gasteiger partial charge >= 0.3 is 18.0 Å². The molecule has 0 spiro atoms. The molecule has 0 radical (unpaired) electrons. The maximum atomic E-state index is 13.4. The number of carbonyl (C=O) groups excluding carboxylic acids is 4. The number of nitrogens with one attached hydrogen (secondary N) is 2. The van der Waals surface area contributed by atoms with Gasteiger partial charge in [-0.3, -0.25) is 9.59 Å². The van der Waals surface area contributed by atoms with Crippen molar-refractivity contribution >= 4 is 23.9 Å². The number of esters is 2. The van der Waals surface area contributed by atoms with E-state index in [9.17, 15) is 19.2 Å². The van der Waals surface area contributed by atoms with E-state index in [4.69, 9.17) is 14.2 Å². The van der Waals surface area contributed by atoms with Crippen LogP contribution in [0, 0.1) is 5.92 Å². The minimum atomic E-state index is -0.634. The van der Waals surface area contributed by atoms with Gasteiger partial charge in [0.2, 0.25) is 5.91 Å². The third kappa shape index (κ3) is 6.12. The Labute approximate surface area is 205 Å². The fourth-order valence-electron chi connectivity index (χ4n) is 4.41. The van der Waals surface area contributed by atoms with Crippen molar-refractivity contribution in [1.29, 1.82) is 0 Å². The molecule has 0 aliphatic carbocycles. The topological polar surface area (TPSA) is 123 Å². The summed E-state index contributed by atoms with van der Waals surface area (Å²) in [6, 6.07) is 6.29. The summed E-state index contributed by atoms with van der Waals surface area (Å²) in [7, 11) is 1.55. The van der Waals surface area contributed by atoms with Crippen LogP contribution in [0.2, 0.25) is 0 Å². The number of amides is 3. The van der Waals surface area contributed by atoms with E-state index in [2.05, 4.69) is 10.6 Å². The molecule has 35 heavy (non-hydrogen) atoms. The number of ether oxygens (including phenoxy) is 3. The number of rotatable bonds is 10. The molecule has 3 amide bonds. The van der Waals surface area contributed by atoms with Crippen LogP contribution in [-0.4, -0.2) is 62.2 Å². The van der Waals surface area contributed by atoms with Crippen LogP contribution in [0.3, 0.4) is 0 Å². The lowest BCUT2D eigenvalue weighted by Gasteiger charge is -2.41. The lowest BCUT2D eigenvalue weighted by atomic mass is 9.83. The smallest absolute Gasteiger partial charge is 0.337 e. The van der Waals surface area contributed by atoms with Crippen LogP contribution in [-0.2, 0) is 23.9 Å². The van der Waals surface area contributed by atoms with Crippen molar-refractivity contribution in [2.24, 2.45) is 5.92 Å². The van der Waals surface area contributed by atoms with E-state index in [1.807, 2.05) is 25.1 Å². The molecule has 10 nitrogen and oxygen atoms in total. The Morgan fingerprint density at radius 2 is 1.91 bits per heavy atom. The van der Waals surface area contributed by atoms with Crippen LogP contribution in [0.15, 0.2) is 35.5 Å². The van der Waals surface area contributed by atoms with Gasteiger partial charge in [-0.25, -0.2) is 9.59 Å². The first kappa shape index (κ1) is 26.1. The number of nitrogens with zero attached hydrogens (tertiary/aromatic N) is 1. The van der Waals surface area contributed by atoms with E-state index in [1.165, 1.54) is 0 Å². The number of benzene rings is 1. The van der Waals surface area contributed by atoms with Gasteiger partial charge in [0.15, 0.2) is 0 Å².